The van der Waals surface area contributed by atoms with Gasteiger partial charge in [0.05, 0.1) is 11.1 Å². The summed E-state index contributed by atoms with van der Waals surface area (Å²) in [6.45, 7) is 0.375. The Labute approximate surface area is 132 Å². The molecule has 0 aliphatic carbocycles. The van der Waals surface area contributed by atoms with Gasteiger partial charge in [-0.1, -0.05) is 0 Å². The summed E-state index contributed by atoms with van der Waals surface area (Å²) in [6, 6.07) is 3.46. The van der Waals surface area contributed by atoms with Gasteiger partial charge in [0, 0.05) is 19.2 Å². The number of carbonyl (C=O) groups excluding carboxylic acids is 3. The van der Waals surface area contributed by atoms with Crippen molar-refractivity contribution < 1.29 is 24.3 Å². The molecule has 1 aromatic carbocycles. The van der Waals surface area contributed by atoms with Crippen molar-refractivity contribution in [3.63, 3.8) is 0 Å². The number of rotatable bonds is 2. The highest BCUT2D eigenvalue weighted by Crippen LogP contribution is 2.25. The second kappa shape index (κ2) is 5.49. The minimum atomic E-state index is -1.02. The Morgan fingerprint density at radius 3 is 2.52 bits per heavy atom. The van der Waals surface area contributed by atoms with E-state index < -0.39 is 29.7 Å². The van der Waals surface area contributed by atoms with Crippen LogP contribution in [-0.2, 0) is 4.79 Å². The van der Waals surface area contributed by atoms with E-state index in [4.69, 9.17) is 0 Å². The summed E-state index contributed by atoms with van der Waals surface area (Å²) in [4.78, 5) is 50.2. The monoisotopic (exact) mass is 316 g/mol. The molecule has 0 spiro atoms. The van der Waals surface area contributed by atoms with E-state index in [0.717, 1.165) is 17.7 Å². The van der Waals surface area contributed by atoms with Crippen LogP contribution in [0.5, 0.6) is 0 Å². The van der Waals surface area contributed by atoms with Crippen molar-refractivity contribution in [3.05, 3.63) is 34.9 Å². The molecule has 7 heteroatoms. The Balaban J connectivity index is 1.94. The average molecular weight is 316 g/mol. The number of fused-ring (bicyclic) bond motifs is 1. The maximum atomic E-state index is 12.6. The van der Waals surface area contributed by atoms with E-state index in [-0.39, 0.29) is 16.7 Å². The highest BCUT2D eigenvalue weighted by Gasteiger charge is 2.36. The number of amides is 3. The van der Waals surface area contributed by atoms with Crippen LogP contribution >= 0.6 is 0 Å². The summed E-state index contributed by atoms with van der Waals surface area (Å²) in [7, 11) is 1.39. The van der Waals surface area contributed by atoms with Crippen molar-refractivity contribution in [1.29, 1.82) is 0 Å². The predicted octanol–water partition coefficient (Wildman–Crippen LogP) is 0.992. The summed E-state index contributed by atoms with van der Waals surface area (Å²) in [5.41, 5.74) is 0.683. The van der Waals surface area contributed by atoms with Gasteiger partial charge < -0.3 is 10.0 Å². The van der Waals surface area contributed by atoms with E-state index in [1.165, 1.54) is 30.1 Å². The first-order chi connectivity index (χ1) is 10.9. The third-order valence-corrected chi connectivity index (χ3v) is 4.39. The summed E-state index contributed by atoms with van der Waals surface area (Å²) in [5, 5.41) is 9.27. The van der Waals surface area contributed by atoms with Crippen molar-refractivity contribution in [2.45, 2.75) is 25.3 Å². The van der Waals surface area contributed by atoms with Crippen LogP contribution in [0.2, 0.25) is 0 Å². The lowest BCUT2D eigenvalue weighted by Crippen LogP contribution is -2.48. The van der Waals surface area contributed by atoms with Gasteiger partial charge in [-0.25, -0.2) is 4.79 Å². The number of hydrogen-bond donors (Lipinski definition) is 1. The second-order valence-corrected chi connectivity index (χ2v) is 5.78. The maximum absolute atomic E-state index is 12.6. The van der Waals surface area contributed by atoms with Crippen LogP contribution < -0.4 is 0 Å². The number of benzene rings is 1. The Kier molecular flexibility index (Phi) is 3.63. The third-order valence-electron chi connectivity index (χ3n) is 4.39. The van der Waals surface area contributed by atoms with Gasteiger partial charge in [0.2, 0.25) is 0 Å². The Morgan fingerprint density at radius 2 is 1.83 bits per heavy atom. The fourth-order valence-corrected chi connectivity index (χ4v) is 3.09. The first-order valence-electron chi connectivity index (χ1n) is 7.42. The lowest BCUT2D eigenvalue weighted by Gasteiger charge is -2.33. The van der Waals surface area contributed by atoms with E-state index >= 15 is 0 Å². The zero-order chi connectivity index (χ0) is 16.7. The van der Waals surface area contributed by atoms with Crippen LogP contribution in [-0.4, -0.2) is 58.2 Å². The molecule has 1 saturated heterocycles. The molecular weight excluding hydrogens is 300 g/mol. The molecule has 1 fully saturated rings. The number of nitrogens with zero attached hydrogens (tertiary/aromatic N) is 2. The minimum Gasteiger partial charge on any atom is -0.480 e. The van der Waals surface area contributed by atoms with Gasteiger partial charge >= 0.3 is 5.97 Å². The molecule has 1 atom stereocenters. The van der Waals surface area contributed by atoms with Gasteiger partial charge in [0.1, 0.15) is 6.04 Å². The third kappa shape index (κ3) is 2.38. The lowest BCUT2D eigenvalue weighted by atomic mass is 9.99. The van der Waals surface area contributed by atoms with Crippen molar-refractivity contribution in [1.82, 2.24) is 9.80 Å². The normalized spacial score (nSPS) is 20.7. The Bertz CT molecular complexity index is 727. The van der Waals surface area contributed by atoms with Gasteiger partial charge in [0.25, 0.3) is 17.7 Å². The van der Waals surface area contributed by atoms with E-state index in [1.54, 1.807) is 0 Å². The molecular formula is C16H16N2O5. The molecule has 120 valence electrons. The SMILES string of the molecule is CN1C(=O)c2ccc(C(=O)N3CCCC[C@@H]3C(=O)O)cc2C1=O. The van der Waals surface area contributed by atoms with E-state index in [2.05, 4.69) is 0 Å². The summed E-state index contributed by atoms with van der Waals surface area (Å²) < 4.78 is 0. The molecule has 2 heterocycles. The number of aliphatic carboxylic acids is 1. The fourth-order valence-electron chi connectivity index (χ4n) is 3.09. The zero-order valence-electron chi connectivity index (χ0n) is 12.6. The number of imide groups is 1. The molecule has 1 aromatic rings. The highest BCUT2D eigenvalue weighted by molar-refractivity contribution is 6.21. The topological polar surface area (TPSA) is 95.0 Å². The second-order valence-electron chi connectivity index (χ2n) is 5.78. The largest absolute Gasteiger partial charge is 0.480 e. The first kappa shape index (κ1) is 15.2. The van der Waals surface area contributed by atoms with E-state index in [1.807, 2.05) is 0 Å². The number of piperidine rings is 1. The smallest absolute Gasteiger partial charge is 0.326 e. The van der Waals surface area contributed by atoms with Crippen LogP contribution in [0, 0.1) is 0 Å². The standard InChI is InChI=1S/C16H16N2O5/c1-17-14(20)10-6-5-9(8-11(10)15(17)21)13(19)18-7-3-2-4-12(18)16(22)23/h5-6,8,12H,2-4,7H2,1H3,(H,22,23)/t12-/m1/s1. The maximum Gasteiger partial charge on any atom is 0.326 e. The number of carbonyl (C=O) groups is 4. The number of carboxylic acid groups (broad SMARTS) is 1. The highest BCUT2D eigenvalue weighted by atomic mass is 16.4. The molecule has 2 aliphatic rings. The number of carboxylic acids is 1. The van der Waals surface area contributed by atoms with Gasteiger partial charge in [-0.3, -0.25) is 19.3 Å². The number of likely N-dealkylation sites (tertiary alicyclic amines) is 1. The Hall–Kier alpha value is -2.70. The van der Waals surface area contributed by atoms with E-state index in [9.17, 15) is 24.3 Å². The molecule has 0 unspecified atom stereocenters. The van der Waals surface area contributed by atoms with Gasteiger partial charge in [0.15, 0.2) is 0 Å². The molecule has 0 aromatic heterocycles. The molecule has 23 heavy (non-hydrogen) atoms. The van der Waals surface area contributed by atoms with Crippen LogP contribution in [0.15, 0.2) is 18.2 Å². The van der Waals surface area contributed by atoms with Crippen molar-refractivity contribution in [3.8, 4) is 0 Å². The fraction of sp³-hybridized carbons (Fsp3) is 0.375. The van der Waals surface area contributed by atoms with Crippen LogP contribution in [0.3, 0.4) is 0 Å². The van der Waals surface area contributed by atoms with Crippen LogP contribution in [0.1, 0.15) is 50.3 Å². The minimum absolute atomic E-state index is 0.187. The number of hydrogen-bond acceptors (Lipinski definition) is 4. The molecule has 0 bridgehead atoms. The summed E-state index contributed by atoms with van der Waals surface area (Å²) in [6.07, 6.45) is 1.94. The van der Waals surface area contributed by atoms with Crippen LogP contribution in [0.4, 0.5) is 0 Å². The van der Waals surface area contributed by atoms with Crippen LogP contribution in [0.25, 0.3) is 0 Å². The van der Waals surface area contributed by atoms with Gasteiger partial charge in [-0.2, -0.15) is 0 Å². The van der Waals surface area contributed by atoms with Gasteiger partial charge in [-0.05, 0) is 37.5 Å². The predicted molar refractivity (Wildman–Crippen MR) is 79.2 cm³/mol. The lowest BCUT2D eigenvalue weighted by molar-refractivity contribution is -0.143. The Morgan fingerprint density at radius 1 is 1.13 bits per heavy atom. The summed E-state index contributed by atoms with van der Waals surface area (Å²) in [5.74, 6) is -2.29. The molecule has 2 aliphatic heterocycles. The molecule has 0 saturated carbocycles. The zero-order valence-corrected chi connectivity index (χ0v) is 12.6. The first-order valence-corrected chi connectivity index (χ1v) is 7.42. The molecule has 7 nitrogen and oxygen atoms in total. The quantitative estimate of drug-likeness (QED) is 0.821. The van der Waals surface area contributed by atoms with Crippen molar-refractivity contribution in [2.75, 3.05) is 13.6 Å². The molecule has 3 rings (SSSR count). The van der Waals surface area contributed by atoms with Crippen molar-refractivity contribution in [2.24, 2.45) is 0 Å². The van der Waals surface area contributed by atoms with Gasteiger partial charge in [-0.15, -0.1) is 0 Å². The average Bonchev–Trinajstić information content (AvgIpc) is 2.78. The van der Waals surface area contributed by atoms with Crippen molar-refractivity contribution >= 4 is 23.7 Å². The molecule has 0 radical (unpaired) electrons. The molecule has 1 N–H and O–H groups in total. The molecule has 3 amide bonds. The van der Waals surface area contributed by atoms with E-state index in [0.29, 0.717) is 13.0 Å². The summed E-state index contributed by atoms with van der Waals surface area (Å²) >= 11 is 0.